The summed E-state index contributed by atoms with van der Waals surface area (Å²) in [4.78, 5) is 41.1. The average Bonchev–Trinajstić information content (AvgIpc) is 3.49. The SMILES string of the molecule is CCOc1ccc(C(C)(C)C)cc1C1=N[C@@H](c2ccc(Cl)cc2)[C@@H](c2ccc(Cl)cc2)N1C(=O)N1CCN(CC(=O)N2CCOCC2)CC1. The number of urea groups is 1. The molecule has 3 aromatic carbocycles. The standard InChI is InChI=1S/C38H45Cl2N5O4/c1-5-49-32-15-10-28(38(2,3)4)24-31(32)36-41-34(26-6-11-29(39)12-7-26)35(27-8-13-30(40)14-9-27)45(36)37(47)44-18-16-42(17-19-44)25-33(46)43-20-22-48-23-21-43/h6-15,24,34-35H,5,16-23,25H2,1-4H3/t34-,35+/m0/s1. The molecule has 0 aromatic heterocycles. The highest BCUT2D eigenvalue weighted by Gasteiger charge is 2.45. The lowest BCUT2D eigenvalue weighted by atomic mass is 9.86. The van der Waals surface area contributed by atoms with Gasteiger partial charge in [-0.3, -0.25) is 19.6 Å². The lowest BCUT2D eigenvalue weighted by Gasteiger charge is -2.39. The van der Waals surface area contributed by atoms with Crippen LogP contribution in [0.3, 0.4) is 0 Å². The van der Waals surface area contributed by atoms with Gasteiger partial charge in [-0.15, -0.1) is 0 Å². The summed E-state index contributed by atoms with van der Waals surface area (Å²) in [6.07, 6.45) is 0. The molecular weight excluding hydrogens is 661 g/mol. The van der Waals surface area contributed by atoms with Crippen molar-refractivity contribution in [2.45, 2.75) is 45.2 Å². The quantitative estimate of drug-likeness (QED) is 0.269. The number of ether oxygens (including phenoxy) is 2. The number of carbonyl (C=O) groups excluding carboxylic acids is 2. The van der Waals surface area contributed by atoms with E-state index in [1.54, 1.807) is 0 Å². The minimum atomic E-state index is -0.463. The van der Waals surface area contributed by atoms with Crippen LogP contribution in [-0.2, 0) is 14.9 Å². The topological polar surface area (TPSA) is 77.9 Å². The second kappa shape index (κ2) is 15.1. The molecule has 3 aliphatic rings. The largest absolute Gasteiger partial charge is 0.493 e. The molecule has 3 amide bonds. The summed E-state index contributed by atoms with van der Waals surface area (Å²) in [5.74, 6) is 1.34. The number of hydrogen-bond acceptors (Lipinski definition) is 6. The highest BCUT2D eigenvalue weighted by Crippen LogP contribution is 2.46. The van der Waals surface area contributed by atoms with Gasteiger partial charge in [0.15, 0.2) is 0 Å². The Labute approximate surface area is 299 Å². The monoisotopic (exact) mass is 705 g/mol. The molecule has 2 fully saturated rings. The third-order valence-corrected chi connectivity index (χ3v) is 9.95. The van der Waals surface area contributed by atoms with E-state index >= 15 is 0 Å². The molecule has 0 radical (unpaired) electrons. The average molecular weight is 707 g/mol. The molecule has 0 unspecified atom stereocenters. The molecule has 2 saturated heterocycles. The van der Waals surface area contributed by atoms with Crippen LogP contribution in [0.2, 0.25) is 10.0 Å². The molecule has 9 nitrogen and oxygen atoms in total. The summed E-state index contributed by atoms with van der Waals surface area (Å²) in [5.41, 5.74) is 3.59. The van der Waals surface area contributed by atoms with Crippen molar-refractivity contribution in [2.75, 3.05) is 65.6 Å². The first-order chi connectivity index (χ1) is 23.5. The zero-order valence-electron chi connectivity index (χ0n) is 28.7. The number of morpholine rings is 1. The fourth-order valence-electron chi connectivity index (χ4n) is 6.66. The highest BCUT2D eigenvalue weighted by molar-refractivity contribution is 6.30. The van der Waals surface area contributed by atoms with Gasteiger partial charge < -0.3 is 19.3 Å². The van der Waals surface area contributed by atoms with Gasteiger partial charge in [0.1, 0.15) is 17.6 Å². The number of hydrogen-bond donors (Lipinski definition) is 0. The molecule has 49 heavy (non-hydrogen) atoms. The van der Waals surface area contributed by atoms with E-state index in [2.05, 4.69) is 37.8 Å². The van der Waals surface area contributed by atoms with E-state index in [1.807, 2.05) is 76.2 Å². The first-order valence-electron chi connectivity index (χ1n) is 17.1. The Morgan fingerprint density at radius 3 is 2.04 bits per heavy atom. The number of rotatable bonds is 7. The molecule has 0 aliphatic carbocycles. The number of aliphatic imine (C=N–C) groups is 1. The molecule has 0 bridgehead atoms. The predicted octanol–water partition coefficient (Wildman–Crippen LogP) is 6.83. The van der Waals surface area contributed by atoms with Gasteiger partial charge in [-0.2, -0.15) is 0 Å². The van der Waals surface area contributed by atoms with Crippen LogP contribution in [0, 0.1) is 0 Å². The third-order valence-electron chi connectivity index (χ3n) is 9.45. The van der Waals surface area contributed by atoms with Crippen molar-refractivity contribution in [3.8, 4) is 5.75 Å². The van der Waals surface area contributed by atoms with Crippen LogP contribution in [0.4, 0.5) is 4.79 Å². The van der Waals surface area contributed by atoms with E-state index in [9.17, 15) is 9.59 Å². The molecule has 2 atom stereocenters. The Bertz CT molecular complexity index is 1660. The molecule has 3 aliphatic heterocycles. The predicted molar refractivity (Wildman–Crippen MR) is 194 cm³/mol. The summed E-state index contributed by atoms with van der Waals surface area (Å²) in [6, 6.07) is 20.5. The second-order valence-corrected chi connectivity index (χ2v) is 14.6. The molecule has 0 N–H and O–H groups in total. The number of amidine groups is 1. The smallest absolute Gasteiger partial charge is 0.326 e. The van der Waals surface area contributed by atoms with Gasteiger partial charge in [0, 0.05) is 49.3 Å². The normalized spacial score (nSPS) is 20.4. The Kier molecular flexibility index (Phi) is 10.8. The van der Waals surface area contributed by atoms with Crippen molar-refractivity contribution < 1.29 is 19.1 Å². The lowest BCUT2D eigenvalue weighted by Crippen LogP contribution is -2.56. The van der Waals surface area contributed by atoms with Crippen LogP contribution in [0.15, 0.2) is 71.7 Å². The fraction of sp³-hybridized carbons (Fsp3) is 0.447. The minimum Gasteiger partial charge on any atom is -0.493 e. The van der Waals surface area contributed by atoms with Crippen LogP contribution in [0.1, 0.15) is 62.0 Å². The Hall–Kier alpha value is -3.63. The molecule has 260 valence electrons. The van der Waals surface area contributed by atoms with Crippen LogP contribution < -0.4 is 4.74 Å². The molecule has 0 spiro atoms. The van der Waals surface area contributed by atoms with Crippen molar-refractivity contribution in [3.63, 3.8) is 0 Å². The summed E-state index contributed by atoms with van der Waals surface area (Å²) in [5, 5.41) is 1.24. The first-order valence-corrected chi connectivity index (χ1v) is 17.8. The van der Waals surface area contributed by atoms with Gasteiger partial charge in [0.05, 0.1) is 38.0 Å². The summed E-state index contributed by atoms with van der Waals surface area (Å²) >= 11 is 12.7. The van der Waals surface area contributed by atoms with Crippen molar-refractivity contribution in [1.82, 2.24) is 19.6 Å². The summed E-state index contributed by atoms with van der Waals surface area (Å²) in [7, 11) is 0. The van der Waals surface area contributed by atoms with E-state index in [0.717, 1.165) is 22.3 Å². The van der Waals surface area contributed by atoms with E-state index in [1.165, 1.54) is 0 Å². The number of carbonyl (C=O) groups is 2. The van der Waals surface area contributed by atoms with Crippen LogP contribution in [0.25, 0.3) is 0 Å². The van der Waals surface area contributed by atoms with Gasteiger partial charge in [-0.05, 0) is 65.4 Å². The van der Waals surface area contributed by atoms with Gasteiger partial charge in [-0.1, -0.05) is 74.3 Å². The van der Waals surface area contributed by atoms with E-state index in [-0.39, 0.29) is 17.4 Å². The van der Waals surface area contributed by atoms with Crippen LogP contribution in [-0.4, -0.2) is 103 Å². The van der Waals surface area contributed by atoms with E-state index in [4.69, 9.17) is 37.7 Å². The number of nitrogens with zero attached hydrogens (tertiary/aromatic N) is 5. The van der Waals surface area contributed by atoms with Gasteiger partial charge in [0.25, 0.3) is 0 Å². The number of halogens is 2. The van der Waals surface area contributed by atoms with E-state index < -0.39 is 12.1 Å². The third kappa shape index (κ3) is 7.91. The van der Waals surface area contributed by atoms with Crippen LogP contribution >= 0.6 is 23.2 Å². The highest BCUT2D eigenvalue weighted by atomic mass is 35.5. The Morgan fingerprint density at radius 1 is 0.837 bits per heavy atom. The van der Waals surface area contributed by atoms with Gasteiger partial charge >= 0.3 is 6.03 Å². The molecular formula is C38H45Cl2N5O4. The summed E-state index contributed by atoms with van der Waals surface area (Å²) in [6.45, 7) is 13.8. The fourth-order valence-corrected chi connectivity index (χ4v) is 6.91. The van der Waals surface area contributed by atoms with Gasteiger partial charge in [-0.25, -0.2) is 4.79 Å². The first kappa shape index (κ1) is 35.2. The van der Waals surface area contributed by atoms with Crippen molar-refractivity contribution in [2.24, 2.45) is 4.99 Å². The molecule has 0 saturated carbocycles. The Balaban J connectivity index is 1.38. The molecule has 6 rings (SSSR count). The molecule has 3 heterocycles. The maximum absolute atomic E-state index is 15.0. The maximum Gasteiger partial charge on any atom is 0.326 e. The van der Waals surface area contributed by atoms with Crippen LogP contribution in [0.5, 0.6) is 5.75 Å². The van der Waals surface area contributed by atoms with Crippen molar-refractivity contribution in [1.29, 1.82) is 0 Å². The van der Waals surface area contributed by atoms with Crippen molar-refractivity contribution in [3.05, 3.63) is 99.0 Å². The zero-order chi connectivity index (χ0) is 34.7. The minimum absolute atomic E-state index is 0.104. The lowest BCUT2D eigenvalue weighted by molar-refractivity contribution is -0.136. The molecule has 11 heteroatoms. The molecule has 3 aromatic rings. The number of amides is 3. The zero-order valence-corrected chi connectivity index (χ0v) is 30.2. The summed E-state index contributed by atoms with van der Waals surface area (Å²) < 4.78 is 11.6. The maximum atomic E-state index is 15.0. The number of benzene rings is 3. The van der Waals surface area contributed by atoms with Gasteiger partial charge in [0.2, 0.25) is 5.91 Å². The number of piperazine rings is 1. The van der Waals surface area contributed by atoms with E-state index in [0.29, 0.717) is 87.3 Å². The second-order valence-electron chi connectivity index (χ2n) is 13.7. The van der Waals surface area contributed by atoms with Crippen molar-refractivity contribution >= 4 is 41.0 Å². The Morgan fingerprint density at radius 2 is 1.45 bits per heavy atom.